The standard InChI is InChI=1S/C32H41N3O5/c1-8-21(4)27(34-31(39)40-32(5,6)7)30(38)35(20(2)3)28(24-14-11-15-26(36)19-24)29(37)33-25-17-16-22-12-9-10-13-23(22)18-25/h9-21,27-28,36H,8H2,1-7H3,(H,33,37)(H,34,39). The van der Waals surface area contributed by atoms with Gasteiger partial charge in [0.05, 0.1) is 0 Å². The molecule has 3 N–H and O–H groups in total. The van der Waals surface area contributed by atoms with Gasteiger partial charge in [-0.05, 0) is 81.1 Å². The van der Waals surface area contributed by atoms with Gasteiger partial charge < -0.3 is 25.4 Å². The number of carbonyl (C=O) groups excluding carboxylic acids is 3. The van der Waals surface area contributed by atoms with Crippen molar-refractivity contribution >= 4 is 34.4 Å². The van der Waals surface area contributed by atoms with Crippen LogP contribution in [0.5, 0.6) is 5.75 Å². The molecule has 0 bridgehead atoms. The number of aromatic hydroxyl groups is 1. The Morgan fingerprint density at radius 1 is 0.925 bits per heavy atom. The van der Waals surface area contributed by atoms with Crippen LogP contribution in [0.15, 0.2) is 66.7 Å². The molecule has 8 nitrogen and oxygen atoms in total. The van der Waals surface area contributed by atoms with Crippen LogP contribution in [0.2, 0.25) is 0 Å². The Balaban J connectivity index is 2.03. The van der Waals surface area contributed by atoms with Gasteiger partial charge in [-0.2, -0.15) is 0 Å². The summed E-state index contributed by atoms with van der Waals surface area (Å²) in [6.45, 7) is 12.7. The molecule has 0 radical (unpaired) electrons. The number of amides is 3. The number of carbonyl (C=O) groups is 3. The minimum absolute atomic E-state index is 0.0254. The number of phenolic OH excluding ortho intramolecular Hbond substituents is 1. The van der Waals surface area contributed by atoms with E-state index in [1.807, 2.05) is 70.2 Å². The Kier molecular flexibility index (Phi) is 9.79. The Hall–Kier alpha value is -4.07. The fraction of sp³-hybridized carbons (Fsp3) is 0.406. The summed E-state index contributed by atoms with van der Waals surface area (Å²) < 4.78 is 5.44. The molecule has 0 aromatic heterocycles. The zero-order chi connectivity index (χ0) is 29.6. The Bertz CT molecular complexity index is 1350. The van der Waals surface area contributed by atoms with Gasteiger partial charge in [-0.3, -0.25) is 9.59 Å². The zero-order valence-electron chi connectivity index (χ0n) is 24.4. The Morgan fingerprint density at radius 2 is 1.60 bits per heavy atom. The number of hydrogen-bond donors (Lipinski definition) is 3. The number of anilines is 1. The van der Waals surface area contributed by atoms with Crippen molar-refractivity contribution in [1.82, 2.24) is 10.2 Å². The van der Waals surface area contributed by atoms with Crippen molar-refractivity contribution in [3.05, 3.63) is 72.3 Å². The first-order valence-corrected chi connectivity index (χ1v) is 13.7. The van der Waals surface area contributed by atoms with Crippen molar-refractivity contribution in [3.63, 3.8) is 0 Å². The van der Waals surface area contributed by atoms with E-state index in [1.54, 1.807) is 32.9 Å². The van der Waals surface area contributed by atoms with Crippen molar-refractivity contribution in [1.29, 1.82) is 0 Å². The molecule has 3 amide bonds. The first-order chi connectivity index (χ1) is 18.8. The number of hydrogen-bond acceptors (Lipinski definition) is 5. The summed E-state index contributed by atoms with van der Waals surface area (Å²) in [5.41, 5.74) is 0.283. The van der Waals surface area contributed by atoms with E-state index in [-0.39, 0.29) is 11.7 Å². The molecule has 0 aliphatic heterocycles. The third-order valence-corrected chi connectivity index (χ3v) is 6.69. The zero-order valence-corrected chi connectivity index (χ0v) is 24.4. The summed E-state index contributed by atoms with van der Waals surface area (Å²) in [6.07, 6.45) is -0.0949. The van der Waals surface area contributed by atoms with Crippen LogP contribution in [-0.4, -0.2) is 45.6 Å². The maximum absolute atomic E-state index is 14.2. The van der Waals surface area contributed by atoms with E-state index in [2.05, 4.69) is 10.6 Å². The topological polar surface area (TPSA) is 108 Å². The molecule has 0 saturated heterocycles. The molecular weight excluding hydrogens is 506 g/mol. The molecule has 40 heavy (non-hydrogen) atoms. The average molecular weight is 548 g/mol. The fourth-order valence-corrected chi connectivity index (χ4v) is 4.57. The van der Waals surface area contributed by atoms with E-state index >= 15 is 0 Å². The molecule has 8 heteroatoms. The van der Waals surface area contributed by atoms with E-state index < -0.39 is 41.6 Å². The third kappa shape index (κ3) is 7.74. The second-order valence-electron chi connectivity index (χ2n) is 11.4. The lowest BCUT2D eigenvalue weighted by molar-refractivity contribution is -0.144. The normalized spacial score (nSPS) is 13.8. The number of ether oxygens (including phenoxy) is 1. The van der Waals surface area contributed by atoms with Crippen LogP contribution in [0.3, 0.4) is 0 Å². The smallest absolute Gasteiger partial charge is 0.408 e. The highest BCUT2D eigenvalue weighted by atomic mass is 16.6. The number of benzene rings is 3. The Labute approximate surface area is 236 Å². The number of fused-ring (bicyclic) bond motifs is 1. The lowest BCUT2D eigenvalue weighted by atomic mass is 9.94. The highest BCUT2D eigenvalue weighted by Gasteiger charge is 2.39. The molecule has 3 atom stereocenters. The van der Waals surface area contributed by atoms with Crippen molar-refractivity contribution in [2.24, 2.45) is 5.92 Å². The van der Waals surface area contributed by atoms with Gasteiger partial charge in [-0.25, -0.2) is 4.79 Å². The molecule has 3 aromatic carbocycles. The molecule has 0 fully saturated rings. The van der Waals surface area contributed by atoms with Crippen molar-refractivity contribution in [3.8, 4) is 5.75 Å². The van der Waals surface area contributed by atoms with Crippen LogP contribution in [0.1, 0.15) is 66.5 Å². The number of rotatable bonds is 9. The highest BCUT2D eigenvalue weighted by molar-refractivity contribution is 6.00. The van der Waals surface area contributed by atoms with Crippen LogP contribution in [0, 0.1) is 5.92 Å². The molecule has 0 aliphatic rings. The van der Waals surface area contributed by atoms with E-state index in [1.165, 1.54) is 17.0 Å². The summed E-state index contributed by atoms with van der Waals surface area (Å²) in [4.78, 5) is 42.4. The van der Waals surface area contributed by atoms with Gasteiger partial charge in [-0.1, -0.05) is 62.7 Å². The lowest BCUT2D eigenvalue weighted by Crippen LogP contribution is -2.56. The van der Waals surface area contributed by atoms with E-state index in [0.29, 0.717) is 17.7 Å². The second kappa shape index (κ2) is 12.9. The molecule has 0 spiro atoms. The average Bonchev–Trinajstić information content (AvgIpc) is 2.88. The summed E-state index contributed by atoms with van der Waals surface area (Å²) in [5, 5.41) is 18.0. The van der Waals surface area contributed by atoms with E-state index in [0.717, 1.165) is 10.8 Å². The van der Waals surface area contributed by atoms with Gasteiger partial charge in [0.1, 0.15) is 23.4 Å². The molecular formula is C32H41N3O5. The molecule has 0 heterocycles. The molecule has 3 rings (SSSR count). The van der Waals surface area contributed by atoms with E-state index in [9.17, 15) is 19.5 Å². The minimum Gasteiger partial charge on any atom is -0.508 e. The number of phenols is 1. The van der Waals surface area contributed by atoms with Crippen molar-refractivity contribution in [2.45, 2.75) is 78.6 Å². The van der Waals surface area contributed by atoms with Crippen molar-refractivity contribution < 1.29 is 24.2 Å². The first-order valence-electron chi connectivity index (χ1n) is 13.7. The quantitative estimate of drug-likeness (QED) is 0.287. The number of nitrogens with zero attached hydrogens (tertiary/aromatic N) is 1. The van der Waals surface area contributed by atoms with Crippen LogP contribution in [-0.2, 0) is 14.3 Å². The van der Waals surface area contributed by atoms with Gasteiger partial charge in [0, 0.05) is 11.7 Å². The molecule has 3 unspecified atom stereocenters. The molecule has 0 saturated carbocycles. The highest BCUT2D eigenvalue weighted by Crippen LogP contribution is 2.30. The molecule has 3 aromatic rings. The fourth-order valence-electron chi connectivity index (χ4n) is 4.57. The van der Waals surface area contributed by atoms with Crippen molar-refractivity contribution in [2.75, 3.05) is 5.32 Å². The van der Waals surface area contributed by atoms with Gasteiger partial charge in [0.2, 0.25) is 5.91 Å². The monoisotopic (exact) mass is 547 g/mol. The second-order valence-corrected chi connectivity index (χ2v) is 11.4. The van der Waals surface area contributed by atoms with Gasteiger partial charge in [0.25, 0.3) is 5.91 Å². The lowest BCUT2D eigenvalue weighted by Gasteiger charge is -2.38. The maximum atomic E-state index is 14.2. The van der Waals surface area contributed by atoms with Crippen LogP contribution in [0.4, 0.5) is 10.5 Å². The largest absolute Gasteiger partial charge is 0.508 e. The predicted octanol–water partition coefficient (Wildman–Crippen LogP) is 6.40. The van der Waals surface area contributed by atoms with E-state index in [4.69, 9.17) is 4.74 Å². The summed E-state index contributed by atoms with van der Waals surface area (Å²) in [7, 11) is 0. The Morgan fingerprint density at radius 3 is 2.20 bits per heavy atom. The number of alkyl carbamates (subject to hydrolysis) is 1. The predicted molar refractivity (Wildman–Crippen MR) is 158 cm³/mol. The number of nitrogens with one attached hydrogen (secondary N) is 2. The SMILES string of the molecule is CCC(C)C(NC(=O)OC(C)(C)C)C(=O)N(C(C)C)C(C(=O)Nc1ccc2ccccc2c1)c1cccc(O)c1. The third-order valence-electron chi connectivity index (χ3n) is 6.69. The van der Waals surface area contributed by atoms with Crippen LogP contribution >= 0.6 is 0 Å². The summed E-state index contributed by atoms with van der Waals surface area (Å²) >= 11 is 0. The molecule has 214 valence electrons. The maximum Gasteiger partial charge on any atom is 0.408 e. The molecule has 0 aliphatic carbocycles. The first kappa shape index (κ1) is 30.5. The van der Waals surface area contributed by atoms with Crippen LogP contribution < -0.4 is 10.6 Å². The summed E-state index contributed by atoms with van der Waals surface area (Å²) in [5.74, 6) is -1.13. The minimum atomic E-state index is -1.09. The van der Waals surface area contributed by atoms with Gasteiger partial charge in [-0.15, -0.1) is 0 Å². The van der Waals surface area contributed by atoms with Gasteiger partial charge in [0.15, 0.2) is 0 Å². The summed E-state index contributed by atoms with van der Waals surface area (Å²) in [6, 6.07) is 17.3. The van der Waals surface area contributed by atoms with Gasteiger partial charge >= 0.3 is 6.09 Å². The van der Waals surface area contributed by atoms with Crippen LogP contribution in [0.25, 0.3) is 10.8 Å².